The SMILES string of the molecule is CCOCCCN(CC(=O)N(Cc1ccc(F)cc1)Cc1ccc(C)o1)C(=O)c1ccccc1F. The van der Waals surface area contributed by atoms with Crippen LogP contribution < -0.4 is 0 Å². The van der Waals surface area contributed by atoms with Gasteiger partial charge in [0.05, 0.1) is 12.1 Å². The van der Waals surface area contributed by atoms with E-state index in [1.165, 1.54) is 40.1 Å². The number of rotatable bonds is 12. The van der Waals surface area contributed by atoms with Gasteiger partial charge in [0.1, 0.15) is 29.7 Å². The predicted molar refractivity (Wildman–Crippen MR) is 128 cm³/mol. The Bertz CT molecular complexity index is 1110. The molecule has 3 aromatic rings. The molecule has 0 fully saturated rings. The van der Waals surface area contributed by atoms with Gasteiger partial charge in [0.15, 0.2) is 0 Å². The van der Waals surface area contributed by atoms with E-state index in [1.807, 2.05) is 13.8 Å². The zero-order valence-electron chi connectivity index (χ0n) is 20.0. The second kappa shape index (κ2) is 12.8. The summed E-state index contributed by atoms with van der Waals surface area (Å²) in [7, 11) is 0. The monoisotopic (exact) mass is 484 g/mol. The summed E-state index contributed by atoms with van der Waals surface area (Å²) < 4.78 is 38.7. The van der Waals surface area contributed by atoms with Crippen molar-refractivity contribution < 1.29 is 27.5 Å². The van der Waals surface area contributed by atoms with Gasteiger partial charge in [0, 0.05) is 26.3 Å². The molecule has 35 heavy (non-hydrogen) atoms. The van der Waals surface area contributed by atoms with E-state index in [-0.39, 0.29) is 43.5 Å². The molecule has 0 aliphatic rings. The van der Waals surface area contributed by atoms with Crippen LogP contribution in [-0.2, 0) is 22.6 Å². The minimum absolute atomic E-state index is 0.0940. The maximum Gasteiger partial charge on any atom is 0.257 e. The molecule has 8 heteroatoms. The number of amides is 2. The third kappa shape index (κ3) is 7.75. The predicted octanol–water partition coefficient (Wildman–Crippen LogP) is 4.96. The van der Waals surface area contributed by atoms with Crippen LogP contribution in [0.3, 0.4) is 0 Å². The van der Waals surface area contributed by atoms with Gasteiger partial charge >= 0.3 is 0 Å². The first-order valence-electron chi connectivity index (χ1n) is 11.6. The molecule has 0 bridgehead atoms. The molecule has 0 radical (unpaired) electrons. The molecule has 2 amide bonds. The maximum atomic E-state index is 14.3. The molecular weight excluding hydrogens is 454 g/mol. The Labute approximate surface area is 204 Å². The highest BCUT2D eigenvalue weighted by Gasteiger charge is 2.25. The summed E-state index contributed by atoms with van der Waals surface area (Å²) in [4.78, 5) is 29.5. The van der Waals surface area contributed by atoms with Crippen LogP contribution in [0.5, 0.6) is 0 Å². The van der Waals surface area contributed by atoms with Crippen LogP contribution in [0.4, 0.5) is 8.78 Å². The first kappa shape index (κ1) is 26.1. The van der Waals surface area contributed by atoms with E-state index in [0.717, 1.165) is 5.56 Å². The zero-order chi connectivity index (χ0) is 25.2. The Kier molecular flexibility index (Phi) is 9.55. The van der Waals surface area contributed by atoms with E-state index in [4.69, 9.17) is 9.15 Å². The van der Waals surface area contributed by atoms with E-state index in [9.17, 15) is 18.4 Å². The molecule has 1 aromatic heterocycles. The fourth-order valence-electron chi connectivity index (χ4n) is 3.62. The molecule has 2 aromatic carbocycles. The number of carbonyl (C=O) groups is 2. The first-order chi connectivity index (χ1) is 16.9. The van der Waals surface area contributed by atoms with Crippen molar-refractivity contribution in [1.29, 1.82) is 0 Å². The van der Waals surface area contributed by atoms with Crippen LogP contribution >= 0.6 is 0 Å². The molecule has 0 atom stereocenters. The van der Waals surface area contributed by atoms with E-state index in [2.05, 4.69) is 0 Å². The molecule has 0 spiro atoms. The van der Waals surface area contributed by atoms with Crippen molar-refractivity contribution >= 4 is 11.8 Å². The second-order valence-electron chi connectivity index (χ2n) is 8.15. The normalized spacial score (nSPS) is 10.9. The van der Waals surface area contributed by atoms with E-state index >= 15 is 0 Å². The highest BCUT2D eigenvalue weighted by atomic mass is 19.1. The molecule has 0 saturated carbocycles. The van der Waals surface area contributed by atoms with Gasteiger partial charge in [-0.05, 0) is 62.2 Å². The summed E-state index contributed by atoms with van der Waals surface area (Å²) >= 11 is 0. The Morgan fingerprint density at radius 1 is 0.943 bits per heavy atom. The first-order valence-corrected chi connectivity index (χ1v) is 11.6. The smallest absolute Gasteiger partial charge is 0.257 e. The number of hydrogen-bond donors (Lipinski definition) is 0. The Hall–Kier alpha value is -3.52. The fourth-order valence-corrected chi connectivity index (χ4v) is 3.62. The summed E-state index contributed by atoms with van der Waals surface area (Å²) in [6, 6.07) is 15.2. The summed E-state index contributed by atoms with van der Waals surface area (Å²) in [5.41, 5.74) is 0.634. The zero-order valence-corrected chi connectivity index (χ0v) is 20.0. The lowest BCUT2D eigenvalue weighted by atomic mass is 10.1. The molecule has 0 saturated heterocycles. The van der Waals surface area contributed by atoms with Gasteiger partial charge in [0.2, 0.25) is 5.91 Å². The molecular formula is C27H30F2N2O4. The molecule has 3 rings (SSSR count). The van der Waals surface area contributed by atoms with Gasteiger partial charge in [-0.15, -0.1) is 0 Å². The van der Waals surface area contributed by atoms with Gasteiger partial charge in [0.25, 0.3) is 5.91 Å². The van der Waals surface area contributed by atoms with Crippen LogP contribution in [0.2, 0.25) is 0 Å². The Morgan fingerprint density at radius 3 is 2.34 bits per heavy atom. The van der Waals surface area contributed by atoms with Crippen molar-refractivity contribution in [2.75, 3.05) is 26.3 Å². The van der Waals surface area contributed by atoms with Crippen LogP contribution in [0.15, 0.2) is 65.1 Å². The van der Waals surface area contributed by atoms with E-state index in [0.29, 0.717) is 31.2 Å². The summed E-state index contributed by atoms with van der Waals surface area (Å²) in [5.74, 6) is -0.631. The van der Waals surface area contributed by atoms with Crippen LogP contribution in [0.1, 0.15) is 40.8 Å². The molecule has 1 heterocycles. The molecule has 0 unspecified atom stereocenters. The van der Waals surface area contributed by atoms with Crippen molar-refractivity contribution in [2.24, 2.45) is 0 Å². The Morgan fingerprint density at radius 2 is 1.69 bits per heavy atom. The van der Waals surface area contributed by atoms with Gasteiger partial charge < -0.3 is 19.0 Å². The van der Waals surface area contributed by atoms with Crippen molar-refractivity contribution in [3.05, 3.63) is 94.9 Å². The lowest BCUT2D eigenvalue weighted by molar-refractivity contribution is -0.133. The van der Waals surface area contributed by atoms with Crippen LogP contribution in [0.25, 0.3) is 0 Å². The third-order valence-electron chi connectivity index (χ3n) is 5.42. The number of carbonyl (C=O) groups excluding carboxylic acids is 2. The minimum Gasteiger partial charge on any atom is -0.464 e. The number of halogens is 2. The molecule has 6 nitrogen and oxygen atoms in total. The second-order valence-corrected chi connectivity index (χ2v) is 8.15. The summed E-state index contributed by atoms with van der Waals surface area (Å²) in [6.45, 7) is 4.97. The molecule has 0 aliphatic carbocycles. The fraction of sp³-hybridized carbons (Fsp3) is 0.333. The van der Waals surface area contributed by atoms with Crippen LogP contribution in [-0.4, -0.2) is 47.9 Å². The summed E-state index contributed by atoms with van der Waals surface area (Å²) in [6.07, 6.45) is 0.497. The van der Waals surface area contributed by atoms with Gasteiger partial charge in [-0.1, -0.05) is 24.3 Å². The topological polar surface area (TPSA) is 63.0 Å². The van der Waals surface area contributed by atoms with E-state index < -0.39 is 11.7 Å². The highest BCUT2D eigenvalue weighted by Crippen LogP contribution is 2.16. The van der Waals surface area contributed by atoms with Crippen molar-refractivity contribution in [1.82, 2.24) is 9.80 Å². The number of benzene rings is 2. The largest absolute Gasteiger partial charge is 0.464 e. The average Bonchev–Trinajstić information content (AvgIpc) is 3.26. The lowest BCUT2D eigenvalue weighted by Crippen LogP contribution is -2.43. The van der Waals surface area contributed by atoms with Crippen LogP contribution in [0, 0.1) is 18.6 Å². The van der Waals surface area contributed by atoms with E-state index in [1.54, 1.807) is 30.3 Å². The number of ether oxygens (including phenoxy) is 1. The van der Waals surface area contributed by atoms with Crippen molar-refractivity contribution in [3.8, 4) is 0 Å². The van der Waals surface area contributed by atoms with Crippen molar-refractivity contribution in [3.63, 3.8) is 0 Å². The number of aryl methyl sites for hydroxylation is 1. The quantitative estimate of drug-likeness (QED) is 0.341. The minimum atomic E-state index is -0.644. The lowest BCUT2D eigenvalue weighted by Gasteiger charge is -2.27. The van der Waals surface area contributed by atoms with Crippen molar-refractivity contribution in [2.45, 2.75) is 33.4 Å². The van der Waals surface area contributed by atoms with Gasteiger partial charge in [-0.2, -0.15) is 0 Å². The Balaban J connectivity index is 1.81. The maximum absolute atomic E-state index is 14.3. The molecule has 0 aliphatic heterocycles. The van der Waals surface area contributed by atoms with Gasteiger partial charge in [-0.3, -0.25) is 9.59 Å². The number of nitrogens with zero attached hydrogens (tertiary/aromatic N) is 2. The molecule has 0 N–H and O–H groups in total. The van der Waals surface area contributed by atoms with Gasteiger partial charge in [-0.25, -0.2) is 8.78 Å². The number of hydrogen-bond acceptors (Lipinski definition) is 4. The highest BCUT2D eigenvalue weighted by molar-refractivity contribution is 5.96. The average molecular weight is 485 g/mol. The number of furan rings is 1. The molecule has 186 valence electrons. The standard InChI is InChI=1S/C27H30F2N2O4/c1-3-34-16-6-15-30(27(33)24-7-4-5-8-25(24)29)19-26(32)31(18-23-14-9-20(2)35-23)17-21-10-12-22(28)13-11-21/h4-5,7-14H,3,6,15-19H2,1-2H3. The summed E-state index contributed by atoms with van der Waals surface area (Å²) in [5, 5.41) is 0. The third-order valence-corrected chi connectivity index (χ3v) is 5.42.